The van der Waals surface area contributed by atoms with E-state index in [0.717, 1.165) is 43.7 Å². The van der Waals surface area contributed by atoms with Crippen LogP contribution in [0.2, 0.25) is 0 Å². The van der Waals surface area contributed by atoms with Crippen LogP contribution >= 0.6 is 0 Å². The van der Waals surface area contributed by atoms with Crippen molar-refractivity contribution in [3.63, 3.8) is 0 Å². The lowest BCUT2D eigenvalue weighted by molar-refractivity contribution is -0.204. The SMILES string of the molecule is CC.COc1ccc(C23CCN(C)C2CC2(CC3)OCC(c3ccccc3)O2)cc1OC. The molecule has 0 amide bonds. The van der Waals surface area contributed by atoms with E-state index in [0.29, 0.717) is 12.6 Å². The highest BCUT2D eigenvalue weighted by Crippen LogP contribution is 2.55. The third-order valence-corrected chi connectivity index (χ3v) is 7.52. The molecule has 5 heteroatoms. The van der Waals surface area contributed by atoms with E-state index in [1.807, 2.05) is 26.0 Å². The molecule has 2 saturated heterocycles. The Bertz CT molecular complexity index is 904. The molecule has 1 spiro atoms. The first-order valence-corrected chi connectivity index (χ1v) is 11.9. The quantitative estimate of drug-likeness (QED) is 0.643. The minimum atomic E-state index is -0.482. The van der Waals surface area contributed by atoms with Gasteiger partial charge in [0.1, 0.15) is 6.10 Å². The van der Waals surface area contributed by atoms with Crippen molar-refractivity contribution >= 4 is 0 Å². The summed E-state index contributed by atoms with van der Waals surface area (Å²) in [6.45, 7) is 5.71. The van der Waals surface area contributed by atoms with Gasteiger partial charge < -0.3 is 23.8 Å². The Morgan fingerprint density at radius 1 is 0.938 bits per heavy atom. The summed E-state index contributed by atoms with van der Waals surface area (Å²) in [5.74, 6) is 1.10. The van der Waals surface area contributed by atoms with Crippen LogP contribution in [0.3, 0.4) is 0 Å². The highest BCUT2D eigenvalue weighted by Gasteiger charge is 2.57. The number of ether oxygens (including phenoxy) is 4. The van der Waals surface area contributed by atoms with E-state index in [2.05, 4.69) is 48.3 Å². The monoisotopic (exact) mass is 439 g/mol. The van der Waals surface area contributed by atoms with Gasteiger partial charge in [0.2, 0.25) is 0 Å². The predicted molar refractivity (Wildman–Crippen MR) is 126 cm³/mol. The van der Waals surface area contributed by atoms with E-state index >= 15 is 0 Å². The first kappa shape index (κ1) is 23.1. The molecule has 0 radical (unpaired) electrons. The molecular formula is C27H37NO4. The largest absolute Gasteiger partial charge is 0.493 e. The number of benzene rings is 2. The molecule has 0 bridgehead atoms. The fourth-order valence-corrected chi connectivity index (χ4v) is 5.83. The van der Waals surface area contributed by atoms with E-state index in [4.69, 9.17) is 18.9 Å². The lowest BCUT2D eigenvalue weighted by Crippen LogP contribution is -2.52. The second kappa shape index (κ2) is 9.42. The van der Waals surface area contributed by atoms with Crippen LogP contribution < -0.4 is 9.47 Å². The number of likely N-dealkylation sites (tertiary alicyclic amines) is 1. The fourth-order valence-electron chi connectivity index (χ4n) is 5.83. The Hall–Kier alpha value is -2.08. The molecule has 3 aliphatic rings. The van der Waals surface area contributed by atoms with Crippen LogP contribution in [0, 0.1) is 0 Å². The zero-order valence-corrected chi connectivity index (χ0v) is 20.1. The van der Waals surface area contributed by atoms with Crippen molar-refractivity contribution in [1.29, 1.82) is 0 Å². The van der Waals surface area contributed by atoms with Crippen molar-refractivity contribution in [2.45, 2.75) is 62.9 Å². The zero-order valence-electron chi connectivity index (χ0n) is 20.1. The van der Waals surface area contributed by atoms with E-state index in [-0.39, 0.29) is 11.5 Å². The minimum absolute atomic E-state index is 0.0199. The fraction of sp³-hybridized carbons (Fsp3) is 0.556. The Labute approximate surface area is 192 Å². The number of nitrogens with zero attached hydrogens (tertiary/aromatic N) is 1. The van der Waals surface area contributed by atoms with Crippen LogP contribution in [-0.4, -0.2) is 51.1 Å². The number of hydrogen-bond donors (Lipinski definition) is 0. The molecule has 1 saturated carbocycles. The molecular weight excluding hydrogens is 402 g/mol. The van der Waals surface area contributed by atoms with Gasteiger partial charge in [-0.2, -0.15) is 0 Å². The number of fused-ring (bicyclic) bond motifs is 1. The van der Waals surface area contributed by atoms with Crippen molar-refractivity contribution < 1.29 is 18.9 Å². The van der Waals surface area contributed by atoms with E-state index in [9.17, 15) is 0 Å². The van der Waals surface area contributed by atoms with Gasteiger partial charge in [0.25, 0.3) is 0 Å². The summed E-state index contributed by atoms with van der Waals surface area (Å²) in [6.07, 6.45) is 4.00. The van der Waals surface area contributed by atoms with Crippen LogP contribution in [0.4, 0.5) is 0 Å². The van der Waals surface area contributed by atoms with Gasteiger partial charge in [-0.3, -0.25) is 0 Å². The van der Waals surface area contributed by atoms with Crippen molar-refractivity contribution in [1.82, 2.24) is 4.90 Å². The second-order valence-corrected chi connectivity index (χ2v) is 8.92. The lowest BCUT2D eigenvalue weighted by Gasteiger charge is -2.48. The third kappa shape index (κ3) is 3.91. The van der Waals surface area contributed by atoms with E-state index in [1.54, 1.807) is 14.2 Å². The van der Waals surface area contributed by atoms with Crippen LogP contribution in [0.5, 0.6) is 11.5 Å². The summed E-state index contributed by atoms with van der Waals surface area (Å²) in [5.41, 5.74) is 2.63. The number of methoxy groups -OCH3 is 2. The molecule has 5 nitrogen and oxygen atoms in total. The molecule has 5 rings (SSSR count). The van der Waals surface area contributed by atoms with E-state index in [1.165, 1.54) is 11.1 Å². The minimum Gasteiger partial charge on any atom is -0.493 e. The van der Waals surface area contributed by atoms with Crippen molar-refractivity contribution in [3.05, 3.63) is 59.7 Å². The zero-order chi connectivity index (χ0) is 22.8. The molecule has 2 aromatic carbocycles. The predicted octanol–water partition coefficient (Wildman–Crippen LogP) is 5.34. The molecule has 1 aliphatic carbocycles. The third-order valence-electron chi connectivity index (χ3n) is 7.52. The Morgan fingerprint density at radius 3 is 2.41 bits per heavy atom. The molecule has 4 unspecified atom stereocenters. The summed E-state index contributed by atoms with van der Waals surface area (Å²) in [6, 6.07) is 17.2. The maximum Gasteiger partial charge on any atom is 0.170 e. The van der Waals surface area contributed by atoms with Gasteiger partial charge in [0.05, 0.1) is 20.8 Å². The normalized spacial score (nSPS) is 31.7. The maximum atomic E-state index is 6.60. The van der Waals surface area contributed by atoms with Gasteiger partial charge in [0, 0.05) is 24.3 Å². The molecule has 2 aliphatic heterocycles. The lowest BCUT2D eigenvalue weighted by atomic mass is 9.64. The van der Waals surface area contributed by atoms with Crippen molar-refractivity contribution in [2.75, 3.05) is 34.4 Å². The second-order valence-electron chi connectivity index (χ2n) is 8.92. The number of hydrogen-bond acceptors (Lipinski definition) is 5. The van der Waals surface area contributed by atoms with Gasteiger partial charge in [-0.1, -0.05) is 50.2 Å². The van der Waals surface area contributed by atoms with Gasteiger partial charge in [0.15, 0.2) is 17.3 Å². The standard InChI is InChI=1S/C25H31NO4.C2H6/c1-26-14-13-24(19-9-10-20(27-2)21(15-19)28-3)11-12-25(16-23(24)26)29-17-22(30-25)18-7-5-4-6-8-18;1-2/h4-10,15,22-23H,11-14,16-17H2,1-3H3;1-2H3. The summed E-state index contributed by atoms with van der Waals surface area (Å²) in [5, 5.41) is 0. The number of rotatable bonds is 4. The molecule has 32 heavy (non-hydrogen) atoms. The van der Waals surface area contributed by atoms with Crippen molar-refractivity contribution in [2.24, 2.45) is 0 Å². The first-order chi connectivity index (χ1) is 15.6. The highest BCUT2D eigenvalue weighted by molar-refractivity contribution is 5.46. The summed E-state index contributed by atoms with van der Waals surface area (Å²) in [7, 11) is 5.62. The molecule has 3 fully saturated rings. The Balaban J connectivity index is 0.00000119. The Morgan fingerprint density at radius 2 is 1.69 bits per heavy atom. The molecule has 0 aromatic heterocycles. The van der Waals surface area contributed by atoms with Crippen LogP contribution in [0.15, 0.2) is 48.5 Å². The first-order valence-electron chi connectivity index (χ1n) is 11.9. The molecule has 0 N–H and O–H groups in total. The van der Waals surface area contributed by atoms with Gasteiger partial charge in [-0.25, -0.2) is 0 Å². The maximum absolute atomic E-state index is 6.60. The topological polar surface area (TPSA) is 40.2 Å². The Kier molecular flexibility index (Phi) is 6.80. The van der Waals surface area contributed by atoms with Crippen LogP contribution in [-0.2, 0) is 14.9 Å². The van der Waals surface area contributed by atoms with Gasteiger partial charge in [-0.15, -0.1) is 0 Å². The van der Waals surface area contributed by atoms with Gasteiger partial charge in [-0.05, 0) is 49.7 Å². The van der Waals surface area contributed by atoms with Crippen LogP contribution in [0.25, 0.3) is 0 Å². The van der Waals surface area contributed by atoms with Crippen LogP contribution in [0.1, 0.15) is 56.8 Å². The van der Waals surface area contributed by atoms with Gasteiger partial charge >= 0.3 is 0 Å². The average Bonchev–Trinajstić information content (AvgIpc) is 3.43. The van der Waals surface area contributed by atoms with E-state index < -0.39 is 5.79 Å². The summed E-state index contributed by atoms with van der Waals surface area (Å²) in [4.78, 5) is 2.49. The highest BCUT2D eigenvalue weighted by atomic mass is 16.7. The van der Waals surface area contributed by atoms with Crippen molar-refractivity contribution in [3.8, 4) is 11.5 Å². The molecule has 4 atom stereocenters. The smallest absolute Gasteiger partial charge is 0.170 e. The molecule has 2 aromatic rings. The number of likely N-dealkylation sites (N-methyl/N-ethyl adjacent to an activating group) is 1. The average molecular weight is 440 g/mol. The summed E-state index contributed by atoms with van der Waals surface area (Å²) < 4.78 is 24.0. The molecule has 2 heterocycles. The molecule has 174 valence electrons. The summed E-state index contributed by atoms with van der Waals surface area (Å²) >= 11 is 0.